The van der Waals surface area contributed by atoms with Gasteiger partial charge in [-0.05, 0) is 66.2 Å². The van der Waals surface area contributed by atoms with Gasteiger partial charge in [-0.15, -0.1) is 0 Å². The summed E-state index contributed by atoms with van der Waals surface area (Å²) in [6.07, 6.45) is 2.25. The number of carboxylic acids is 2. The van der Waals surface area contributed by atoms with Gasteiger partial charge in [0.2, 0.25) is 0 Å². The molecule has 0 spiro atoms. The molecule has 0 aromatic heterocycles. The maximum absolute atomic E-state index is 11.6. The molecule has 0 unspecified atom stereocenters. The van der Waals surface area contributed by atoms with Crippen LogP contribution in [0.2, 0.25) is 0 Å². The number of ether oxygens (including phenoxy) is 4. The van der Waals surface area contributed by atoms with E-state index in [0.717, 1.165) is 0 Å². The molecule has 0 aliphatic rings. The first-order valence-corrected chi connectivity index (χ1v) is 15.1. The summed E-state index contributed by atoms with van der Waals surface area (Å²) in [5.74, 6) is -4.75. The van der Waals surface area contributed by atoms with Crippen LogP contribution >= 0.6 is 0 Å². The number of hydrogen-bond acceptors (Lipinski definition) is 12. The van der Waals surface area contributed by atoms with Crippen molar-refractivity contribution in [3.8, 4) is 0 Å². The monoisotopic (exact) mass is 690 g/mol. The first-order chi connectivity index (χ1) is 21.3. The summed E-state index contributed by atoms with van der Waals surface area (Å²) in [6, 6.07) is 0. The van der Waals surface area contributed by atoms with Crippen LogP contribution in [0, 0.1) is 10.8 Å². The van der Waals surface area contributed by atoms with Gasteiger partial charge in [-0.3, -0.25) is 0 Å². The number of hydrogen-bond donors (Lipinski definition) is 0. The summed E-state index contributed by atoms with van der Waals surface area (Å²) in [5, 5.41) is 23.2. The van der Waals surface area contributed by atoms with Crippen molar-refractivity contribution in [2.45, 2.75) is 92.9 Å². The number of carbonyl (C=O) groups excluding carboxylic acids is 6. The van der Waals surface area contributed by atoms with Gasteiger partial charge >= 0.3 is 61.6 Å². The van der Waals surface area contributed by atoms with Gasteiger partial charge in [-0.2, -0.15) is 0 Å². The van der Waals surface area contributed by atoms with Gasteiger partial charge in [0.1, 0.15) is 0 Å². The Morgan fingerprint density at radius 2 is 0.660 bits per heavy atom. The van der Waals surface area contributed by atoms with E-state index < -0.39 is 46.6 Å². The molecular formula is C34H50CaO12. The number of esters is 4. The van der Waals surface area contributed by atoms with E-state index in [1.807, 2.05) is 13.8 Å². The van der Waals surface area contributed by atoms with Gasteiger partial charge < -0.3 is 38.7 Å². The maximum Gasteiger partial charge on any atom is 2.00 e. The first-order valence-electron chi connectivity index (χ1n) is 15.1. The third-order valence-corrected chi connectivity index (χ3v) is 6.97. The molecule has 0 saturated carbocycles. The summed E-state index contributed by atoms with van der Waals surface area (Å²) in [5.41, 5.74) is -1.44. The Labute approximate surface area is 308 Å². The van der Waals surface area contributed by atoms with Crippen molar-refractivity contribution in [2.24, 2.45) is 10.8 Å². The van der Waals surface area contributed by atoms with Gasteiger partial charge in [-0.25, -0.2) is 19.2 Å². The molecule has 0 aromatic carbocycles. The molecule has 0 radical (unpaired) electrons. The zero-order valence-electron chi connectivity index (χ0n) is 28.9. The SMILES string of the molecule is C=C(C)C(=O)OCCC(CCC)(CCOC(=O)C(=C)C)C(=O)[O-].C=C(C)C(=O)OCCC(CCC)(CCOC(=O)C(=C)C)C(=O)[O-].[Ca+2]. The van der Waals surface area contributed by atoms with Crippen LogP contribution in [-0.4, -0.2) is 100.0 Å². The van der Waals surface area contributed by atoms with E-state index in [1.165, 1.54) is 27.7 Å². The second-order valence-corrected chi connectivity index (χ2v) is 11.3. The molecule has 0 amide bonds. The number of carbonyl (C=O) groups is 6. The third kappa shape index (κ3) is 19.5. The smallest absolute Gasteiger partial charge is 0.550 e. The summed E-state index contributed by atoms with van der Waals surface area (Å²) in [6.45, 7) is 23.3. The van der Waals surface area contributed by atoms with Gasteiger partial charge in [0.05, 0.1) is 26.4 Å². The molecule has 0 aliphatic heterocycles. The van der Waals surface area contributed by atoms with Crippen LogP contribution in [0.1, 0.15) is 92.9 Å². The molecular weight excluding hydrogens is 640 g/mol. The molecule has 0 bridgehead atoms. The van der Waals surface area contributed by atoms with E-state index in [1.54, 1.807) is 0 Å². The Morgan fingerprint density at radius 3 is 0.787 bits per heavy atom. The van der Waals surface area contributed by atoms with Crippen molar-refractivity contribution in [3.05, 3.63) is 48.6 Å². The number of carboxylic acid groups (broad SMARTS) is 2. The minimum Gasteiger partial charge on any atom is -0.550 e. The van der Waals surface area contributed by atoms with Gasteiger partial charge in [0.25, 0.3) is 0 Å². The molecule has 0 atom stereocenters. The van der Waals surface area contributed by atoms with E-state index >= 15 is 0 Å². The van der Waals surface area contributed by atoms with Crippen molar-refractivity contribution in [3.63, 3.8) is 0 Å². The summed E-state index contributed by atoms with van der Waals surface area (Å²) >= 11 is 0. The average molecular weight is 691 g/mol. The van der Waals surface area contributed by atoms with E-state index in [2.05, 4.69) is 26.3 Å². The second-order valence-electron chi connectivity index (χ2n) is 11.3. The minimum absolute atomic E-state index is 0. The molecule has 0 fully saturated rings. The van der Waals surface area contributed by atoms with Crippen LogP contribution in [0.3, 0.4) is 0 Å². The minimum atomic E-state index is -1.24. The zero-order valence-corrected chi connectivity index (χ0v) is 31.1. The predicted octanol–water partition coefficient (Wildman–Crippen LogP) is 2.70. The zero-order chi connectivity index (χ0) is 36.1. The predicted molar refractivity (Wildman–Crippen MR) is 172 cm³/mol. The molecule has 260 valence electrons. The topological polar surface area (TPSA) is 185 Å². The van der Waals surface area contributed by atoms with E-state index in [-0.39, 0.29) is 112 Å². The van der Waals surface area contributed by atoms with Crippen LogP contribution < -0.4 is 10.2 Å². The van der Waals surface area contributed by atoms with Crippen molar-refractivity contribution < 1.29 is 57.9 Å². The molecule has 0 aromatic rings. The van der Waals surface area contributed by atoms with Crippen LogP contribution in [0.4, 0.5) is 0 Å². The largest absolute Gasteiger partial charge is 2.00 e. The fourth-order valence-electron chi connectivity index (χ4n) is 4.17. The van der Waals surface area contributed by atoms with E-state index in [9.17, 15) is 39.0 Å². The van der Waals surface area contributed by atoms with Crippen molar-refractivity contribution >= 4 is 73.6 Å². The van der Waals surface area contributed by atoms with Crippen molar-refractivity contribution in [1.29, 1.82) is 0 Å². The molecule has 13 heteroatoms. The van der Waals surface area contributed by atoms with Crippen molar-refractivity contribution in [1.82, 2.24) is 0 Å². The Kier molecular flexibility index (Phi) is 25.9. The molecule has 0 rings (SSSR count). The van der Waals surface area contributed by atoms with Crippen LogP contribution in [0.15, 0.2) is 48.6 Å². The quantitative estimate of drug-likeness (QED) is 0.0701. The fourth-order valence-corrected chi connectivity index (χ4v) is 4.17. The standard InChI is InChI=1S/2C17H26O6.Ca/c2*1-6-7-17(16(20)21,8-10-22-14(18)12(2)3)9-11-23-15(19)13(4)5;/h2*2,4,6-11H2,1,3,5H3,(H,20,21);/q;;+2/p-2. The normalized spacial score (nSPS) is 10.5. The van der Waals surface area contributed by atoms with Crippen LogP contribution in [0.5, 0.6) is 0 Å². The number of rotatable bonds is 22. The fraction of sp³-hybridized carbons (Fsp3) is 0.588. The van der Waals surface area contributed by atoms with E-state index in [0.29, 0.717) is 25.7 Å². The Hall–Kier alpha value is -2.96. The molecule has 0 saturated heterocycles. The average Bonchev–Trinajstić information content (AvgIpc) is 2.96. The summed E-state index contributed by atoms with van der Waals surface area (Å²) in [7, 11) is 0. The van der Waals surface area contributed by atoms with Gasteiger partial charge in [-0.1, -0.05) is 53.0 Å². The molecule has 12 nitrogen and oxygen atoms in total. The third-order valence-electron chi connectivity index (χ3n) is 6.97. The molecule has 0 N–H and O–H groups in total. The number of aliphatic carboxylic acids is 2. The summed E-state index contributed by atoms with van der Waals surface area (Å²) < 4.78 is 19.9. The Morgan fingerprint density at radius 1 is 0.468 bits per heavy atom. The maximum atomic E-state index is 11.6. The molecule has 0 aliphatic carbocycles. The molecule has 0 heterocycles. The summed E-state index contributed by atoms with van der Waals surface area (Å²) in [4.78, 5) is 68.7. The van der Waals surface area contributed by atoms with E-state index in [4.69, 9.17) is 18.9 Å². The van der Waals surface area contributed by atoms with Crippen molar-refractivity contribution in [2.75, 3.05) is 26.4 Å². The van der Waals surface area contributed by atoms with Crippen LogP contribution in [-0.2, 0) is 47.7 Å². The van der Waals surface area contributed by atoms with Gasteiger partial charge in [0, 0.05) is 45.1 Å². The van der Waals surface area contributed by atoms with Crippen LogP contribution in [0.25, 0.3) is 0 Å². The Balaban J connectivity index is -0.000000807. The Bertz CT molecular complexity index is 986. The second kappa shape index (κ2) is 25.1. The van der Waals surface area contributed by atoms with Gasteiger partial charge in [0.15, 0.2) is 0 Å². The first kappa shape index (κ1) is 48.4. The molecule has 47 heavy (non-hydrogen) atoms.